The predicted octanol–water partition coefficient (Wildman–Crippen LogP) is 1.78. The summed E-state index contributed by atoms with van der Waals surface area (Å²) in [5, 5.41) is 7.59. The lowest BCUT2D eigenvalue weighted by Gasteiger charge is -2.21. The molecule has 9 nitrogen and oxygen atoms in total. The van der Waals surface area contributed by atoms with E-state index in [0.29, 0.717) is 22.5 Å². The lowest BCUT2D eigenvalue weighted by atomic mass is 9.92. The monoisotopic (exact) mass is 405 g/mol. The molecule has 30 heavy (non-hydrogen) atoms. The van der Waals surface area contributed by atoms with Gasteiger partial charge in [0, 0.05) is 23.1 Å². The highest BCUT2D eigenvalue weighted by Crippen LogP contribution is 2.26. The molecule has 9 heteroatoms. The second-order valence-electron chi connectivity index (χ2n) is 7.19. The Bertz CT molecular complexity index is 1220. The van der Waals surface area contributed by atoms with Crippen LogP contribution in [0.5, 0.6) is 0 Å². The van der Waals surface area contributed by atoms with Gasteiger partial charge in [-0.25, -0.2) is 9.59 Å². The molecule has 1 aliphatic rings. The van der Waals surface area contributed by atoms with Crippen molar-refractivity contribution in [3.8, 4) is 5.69 Å². The number of carbonyl (C=O) groups is 3. The minimum absolute atomic E-state index is 0.252. The Balaban J connectivity index is 1.54. The third-order valence-electron chi connectivity index (χ3n) is 5.09. The lowest BCUT2D eigenvalue weighted by molar-refractivity contribution is -0.123. The van der Waals surface area contributed by atoms with E-state index in [1.165, 1.54) is 4.57 Å². The van der Waals surface area contributed by atoms with E-state index in [2.05, 4.69) is 20.9 Å². The van der Waals surface area contributed by atoms with Crippen molar-refractivity contribution in [3.05, 3.63) is 82.0 Å². The second-order valence-corrected chi connectivity index (χ2v) is 7.19. The second kappa shape index (κ2) is 7.03. The van der Waals surface area contributed by atoms with Crippen LogP contribution in [-0.2, 0) is 10.3 Å². The molecule has 1 aliphatic heterocycles. The summed E-state index contributed by atoms with van der Waals surface area (Å²) in [5.74, 6) is -0.802. The number of anilines is 1. The van der Waals surface area contributed by atoms with Crippen molar-refractivity contribution in [2.75, 3.05) is 5.32 Å². The van der Waals surface area contributed by atoms with Gasteiger partial charge in [0.15, 0.2) is 0 Å². The van der Waals surface area contributed by atoms with E-state index in [1.54, 1.807) is 68.6 Å². The number of rotatable bonds is 4. The first-order chi connectivity index (χ1) is 14.3. The molecule has 1 saturated heterocycles. The number of carbonyl (C=O) groups excluding carboxylic acids is 3. The summed E-state index contributed by atoms with van der Waals surface area (Å²) in [7, 11) is 0. The molecule has 2 aromatic carbocycles. The molecule has 2 heterocycles. The largest absolute Gasteiger partial charge is 0.330 e. The van der Waals surface area contributed by atoms with Crippen LogP contribution in [0.3, 0.4) is 0 Å². The normalized spacial score (nSPS) is 18.1. The van der Waals surface area contributed by atoms with Gasteiger partial charge in [-0.3, -0.25) is 19.5 Å². The van der Waals surface area contributed by atoms with Gasteiger partial charge in [0.25, 0.3) is 11.8 Å². The Morgan fingerprint density at radius 1 is 1.07 bits per heavy atom. The first-order valence-electron chi connectivity index (χ1n) is 9.21. The van der Waals surface area contributed by atoms with Gasteiger partial charge in [0.1, 0.15) is 5.54 Å². The number of imide groups is 1. The van der Waals surface area contributed by atoms with Gasteiger partial charge < -0.3 is 15.6 Å². The van der Waals surface area contributed by atoms with Crippen molar-refractivity contribution < 1.29 is 14.4 Å². The molecule has 4 rings (SSSR count). The Hall–Kier alpha value is -4.14. The summed E-state index contributed by atoms with van der Waals surface area (Å²) < 4.78 is 1.51. The minimum atomic E-state index is -1.21. The number of benzene rings is 2. The van der Waals surface area contributed by atoms with Gasteiger partial charge in [0.05, 0.1) is 5.69 Å². The Morgan fingerprint density at radius 3 is 2.40 bits per heavy atom. The molecular formula is C21H19N5O4. The Morgan fingerprint density at radius 2 is 1.80 bits per heavy atom. The predicted molar refractivity (Wildman–Crippen MR) is 110 cm³/mol. The van der Waals surface area contributed by atoms with Crippen LogP contribution in [0.15, 0.2) is 59.5 Å². The molecular weight excluding hydrogens is 386 g/mol. The number of imidazole rings is 1. The van der Waals surface area contributed by atoms with E-state index in [4.69, 9.17) is 0 Å². The smallest absolute Gasteiger partial charge is 0.322 e. The summed E-state index contributed by atoms with van der Waals surface area (Å²) >= 11 is 0. The van der Waals surface area contributed by atoms with Gasteiger partial charge in [-0.1, -0.05) is 12.1 Å². The lowest BCUT2D eigenvalue weighted by Crippen LogP contribution is -2.40. The average molecular weight is 405 g/mol. The highest BCUT2D eigenvalue weighted by molar-refractivity contribution is 6.07. The molecule has 1 atom stereocenters. The van der Waals surface area contributed by atoms with Crippen molar-refractivity contribution >= 4 is 23.5 Å². The van der Waals surface area contributed by atoms with E-state index in [9.17, 15) is 19.2 Å². The average Bonchev–Trinajstić information content (AvgIpc) is 3.19. The fourth-order valence-corrected chi connectivity index (χ4v) is 3.40. The maximum absolute atomic E-state index is 12.6. The molecule has 0 saturated carbocycles. The molecule has 1 fully saturated rings. The van der Waals surface area contributed by atoms with Gasteiger partial charge in [-0.15, -0.1) is 0 Å². The van der Waals surface area contributed by atoms with Crippen LogP contribution in [0.1, 0.15) is 28.5 Å². The topological polar surface area (TPSA) is 125 Å². The molecule has 1 aromatic heterocycles. The van der Waals surface area contributed by atoms with Gasteiger partial charge in [0.2, 0.25) is 0 Å². The van der Waals surface area contributed by atoms with E-state index in [0.717, 1.165) is 5.69 Å². The molecule has 0 radical (unpaired) electrons. The van der Waals surface area contributed by atoms with Crippen molar-refractivity contribution in [1.29, 1.82) is 0 Å². The van der Waals surface area contributed by atoms with E-state index in [1.807, 2.05) is 0 Å². The molecule has 0 bridgehead atoms. The van der Waals surface area contributed by atoms with Crippen LogP contribution in [-0.4, -0.2) is 27.4 Å². The number of aromatic amines is 1. The highest BCUT2D eigenvalue weighted by Gasteiger charge is 2.43. The number of urea groups is 1. The van der Waals surface area contributed by atoms with Crippen LogP contribution in [0, 0.1) is 6.92 Å². The van der Waals surface area contributed by atoms with Crippen LogP contribution >= 0.6 is 0 Å². The molecule has 152 valence electrons. The van der Waals surface area contributed by atoms with E-state index < -0.39 is 17.5 Å². The van der Waals surface area contributed by atoms with Crippen molar-refractivity contribution in [2.24, 2.45) is 0 Å². The van der Waals surface area contributed by atoms with E-state index in [-0.39, 0.29) is 11.6 Å². The molecule has 0 aliphatic carbocycles. The Labute approximate surface area is 171 Å². The van der Waals surface area contributed by atoms with Gasteiger partial charge in [-0.2, -0.15) is 0 Å². The third-order valence-corrected chi connectivity index (χ3v) is 5.09. The maximum atomic E-state index is 12.6. The van der Waals surface area contributed by atoms with Crippen molar-refractivity contribution in [3.63, 3.8) is 0 Å². The molecule has 0 spiro atoms. The van der Waals surface area contributed by atoms with Crippen LogP contribution in [0.2, 0.25) is 0 Å². The number of H-pyrrole nitrogens is 1. The van der Waals surface area contributed by atoms with Crippen molar-refractivity contribution in [1.82, 2.24) is 20.2 Å². The summed E-state index contributed by atoms with van der Waals surface area (Å²) in [5.41, 5.74) is 1.37. The summed E-state index contributed by atoms with van der Waals surface area (Å²) in [6.07, 6.45) is 1.61. The van der Waals surface area contributed by atoms with Crippen LogP contribution in [0.4, 0.5) is 10.5 Å². The van der Waals surface area contributed by atoms with Crippen LogP contribution < -0.4 is 21.6 Å². The Kier molecular flexibility index (Phi) is 4.50. The van der Waals surface area contributed by atoms with Crippen molar-refractivity contribution in [2.45, 2.75) is 19.4 Å². The zero-order chi connectivity index (χ0) is 21.5. The standard InChI is InChI=1S/C21H19N5O4/c1-12-11-22-20(30)26(12)16-8-6-13(7-9-16)17(27)23-15-5-3-4-14(10-15)21(2)18(28)24-19(29)25-21/h3-11H,1-2H3,(H,22,30)(H,23,27)(H2,24,25,28,29). The molecule has 1 unspecified atom stereocenters. The first-order valence-corrected chi connectivity index (χ1v) is 9.21. The minimum Gasteiger partial charge on any atom is -0.322 e. The zero-order valence-corrected chi connectivity index (χ0v) is 16.3. The third kappa shape index (κ3) is 3.26. The fraction of sp³-hybridized carbons (Fsp3) is 0.143. The highest BCUT2D eigenvalue weighted by atomic mass is 16.2. The molecule has 4 N–H and O–H groups in total. The maximum Gasteiger partial charge on any atom is 0.330 e. The summed E-state index contributed by atoms with van der Waals surface area (Å²) in [4.78, 5) is 50.8. The summed E-state index contributed by atoms with van der Waals surface area (Å²) in [6.45, 7) is 3.40. The van der Waals surface area contributed by atoms with Gasteiger partial charge >= 0.3 is 11.7 Å². The number of nitrogens with one attached hydrogen (secondary N) is 4. The number of aromatic nitrogens is 2. The number of hydrogen-bond acceptors (Lipinski definition) is 4. The zero-order valence-electron chi connectivity index (χ0n) is 16.3. The van der Waals surface area contributed by atoms with E-state index >= 15 is 0 Å². The first kappa shape index (κ1) is 19.2. The summed E-state index contributed by atoms with van der Waals surface area (Å²) in [6, 6.07) is 12.8. The molecule has 3 aromatic rings. The number of amides is 4. The quantitative estimate of drug-likeness (QED) is 0.494. The van der Waals surface area contributed by atoms with Crippen LogP contribution in [0.25, 0.3) is 5.69 Å². The number of nitrogens with zero attached hydrogens (tertiary/aromatic N) is 1. The number of aryl methyl sites for hydroxylation is 1. The number of hydrogen-bond donors (Lipinski definition) is 4. The molecule has 4 amide bonds. The fourth-order valence-electron chi connectivity index (χ4n) is 3.40. The van der Waals surface area contributed by atoms with Gasteiger partial charge in [-0.05, 0) is 55.8 Å². The SMILES string of the molecule is Cc1c[nH]c(=O)n1-c1ccc(C(=O)Nc2cccc(C3(C)NC(=O)NC3=O)c2)cc1.